The van der Waals surface area contributed by atoms with Crippen molar-refractivity contribution in [2.75, 3.05) is 0 Å². The zero-order valence-corrected chi connectivity index (χ0v) is 9.26. The molecule has 0 heterocycles. The molecule has 0 spiro atoms. The summed E-state index contributed by atoms with van der Waals surface area (Å²) in [5.74, 6) is -0.335. The van der Waals surface area contributed by atoms with Gasteiger partial charge in [0.2, 0.25) is 0 Å². The van der Waals surface area contributed by atoms with Crippen LogP contribution in [0, 0.1) is 0 Å². The zero-order chi connectivity index (χ0) is 10.0. The molecule has 0 saturated heterocycles. The summed E-state index contributed by atoms with van der Waals surface area (Å²) in [5.41, 5.74) is 0.241. The molecule has 2 nitrogen and oxygen atoms in total. The second-order valence-electron chi connectivity index (χ2n) is 2.61. The number of hydrogen-bond donors (Lipinski definition) is 1. The minimum Gasteiger partial charge on any atom is -0.507 e. The van der Waals surface area contributed by atoms with Crippen LogP contribution in [0.4, 0.5) is 0 Å². The van der Waals surface area contributed by atoms with Crippen molar-refractivity contribution in [2.24, 2.45) is 0 Å². The highest BCUT2D eigenvalue weighted by atomic mass is 79.9. The maximum Gasteiger partial charge on any atom is 0.185 e. The van der Waals surface area contributed by atoms with Gasteiger partial charge >= 0.3 is 0 Å². The van der Waals surface area contributed by atoms with E-state index in [1.165, 1.54) is 6.07 Å². The molecule has 1 unspecified atom stereocenters. The average molecular weight is 264 g/mol. The van der Waals surface area contributed by atoms with E-state index in [-0.39, 0.29) is 17.1 Å². The third-order valence-electron chi connectivity index (χ3n) is 1.60. The number of alkyl halides is 1. The van der Waals surface area contributed by atoms with Gasteiger partial charge in [-0.15, -0.1) is 11.6 Å². The first-order valence-electron chi connectivity index (χ1n) is 3.69. The predicted octanol–water partition coefficient (Wildman–Crippen LogP) is 2.96. The van der Waals surface area contributed by atoms with Crippen molar-refractivity contribution in [1.29, 1.82) is 0 Å². The number of ketones is 1. The van der Waals surface area contributed by atoms with Crippen LogP contribution in [0.15, 0.2) is 22.7 Å². The monoisotopic (exact) mass is 262 g/mol. The lowest BCUT2D eigenvalue weighted by Gasteiger charge is -2.06. The van der Waals surface area contributed by atoms with Gasteiger partial charge in [-0.05, 0) is 35.0 Å². The molecule has 1 aromatic rings. The largest absolute Gasteiger partial charge is 0.507 e. The summed E-state index contributed by atoms with van der Waals surface area (Å²) < 4.78 is 0.560. The van der Waals surface area contributed by atoms with Crippen LogP contribution in [-0.2, 0) is 0 Å². The molecule has 1 aromatic carbocycles. The van der Waals surface area contributed by atoms with Crippen LogP contribution >= 0.6 is 27.5 Å². The summed E-state index contributed by atoms with van der Waals surface area (Å²) in [6.45, 7) is 1.57. The van der Waals surface area contributed by atoms with Crippen molar-refractivity contribution < 1.29 is 9.90 Å². The molecule has 4 heteroatoms. The number of carbonyl (C=O) groups excluding carboxylic acids is 1. The van der Waals surface area contributed by atoms with Crippen molar-refractivity contribution in [1.82, 2.24) is 0 Å². The minimum atomic E-state index is -0.635. The summed E-state index contributed by atoms with van der Waals surface area (Å²) in [6.07, 6.45) is 0. The molecule has 0 bridgehead atoms. The lowest BCUT2D eigenvalue weighted by molar-refractivity contribution is 0.0988. The Labute approximate surface area is 89.7 Å². The molecular formula is C9H8BrClO2. The van der Waals surface area contributed by atoms with Crippen molar-refractivity contribution in [2.45, 2.75) is 12.3 Å². The molecule has 1 N–H and O–H groups in total. The van der Waals surface area contributed by atoms with Crippen molar-refractivity contribution in [3.05, 3.63) is 28.2 Å². The van der Waals surface area contributed by atoms with E-state index in [9.17, 15) is 9.90 Å². The van der Waals surface area contributed by atoms with Crippen LogP contribution in [0.25, 0.3) is 0 Å². The Morgan fingerprint density at radius 3 is 2.69 bits per heavy atom. The quantitative estimate of drug-likeness (QED) is 0.658. The number of phenolic OH excluding ortho intramolecular Hbond substituents is 1. The van der Waals surface area contributed by atoms with Crippen LogP contribution in [0.2, 0.25) is 0 Å². The van der Waals surface area contributed by atoms with Gasteiger partial charge < -0.3 is 5.11 Å². The topological polar surface area (TPSA) is 37.3 Å². The second kappa shape index (κ2) is 4.11. The van der Waals surface area contributed by atoms with Gasteiger partial charge in [-0.3, -0.25) is 4.79 Å². The zero-order valence-electron chi connectivity index (χ0n) is 6.92. The molecule has 1 atom stereocenters. The molecule has 0 amide bonds. The fourth-order valence-corrected chi connectivity index (χ4v) is 1.62. The SMILES string of the molecule is CC(Cl)C(=O)c1c(O)cccc1Br. The fraction of sp³-hybridized carbons (Fsp3) is 0.222. The van der Waals surface area contributed by atoms with Gasteiger partial charge in [0.25, 0.3) is 0 Å². The summed E-state index contributed by atoms with van der Waals surface area (Å²) in [6, 6.07) is 4.79. The molecule has 70 valence electrons. The number of carbonyl (C=O) groups is 1. The Morgan fingerprint density at radius 2 is 2.23 bits per heavy atom. The third kappa shape index (κ3) is 2.23. The molecule has 0 fully saturated rings. The molecule has 0 aliphatic rings. The summed E-state index contributed by atoms with van der Waals surface area (Å²) >= 11 is 8.80. The van der Waals surface area contributed by atoms with E-state index in [2.05, 4.69) is 15.9 Å². The number of halogens is 2. The lowest BCUT2D eigenvalue weighted by Crippen LogP contribution is -2.11. The normalized spacial score (nSPS) is 12.5. The molecule has 0 saturated carbocycles. The minimum absolute atomic E-state index is 0.0492. The van der Waals surface area contributed by atoms with Crippen LogP contribution in [0.1, 0.15) is 17.3 Å². The molecular weight excluding hydrogens is 255 g/mol. The van der Waals surface area contributed by atoms with Gasteiger partial charge in [-0.2, -0.15) is 0 Å². The first-order chi connectivity index (χ1) is 6.04. The van der Waals surface area contributed by atoms with Crippen molar-refractivity contribution in [3.8, 4) is 5.75 Å². The number of aromatic hydroxyl groups is 1. The number of rotatable bonds is 2. The van der Waals surface area contributed by atoms with Gasteiger partial charge in [0.1, 0.15) is 5.75 Å². The van der Waals surface area contributed by atoms with Crippen LogP contribution in [0.3, 0.4) is 0 Å². The van der Waals surface area contributed by atoms with E-state index >= 15 is 0 Å². The second-order valence-corrected chi connectivity index (χ2v) is 4.12. The highest BCUT2D eigenvalue weighted by molar-refractivity contribution is 9.10. The summed E-state index contributed by atoms with van der Waals surface area (Å²) in [4.78, 5) is 11.5. The van der Waals surface area contributed by atoms with Gasteiger partial charge in [-0.1, -0.05) is 6.07 Å². The Balaban J connectivity index is 3.20. The van der Waals surface area contributed by atoms with E-state index < -0.39 is 5.38 Å². The Hall–Kier alpha value is -0.540. The number of hydrogen-bond acceptors (Lipinski definition) is 2. The van der Waals surface area contributed by atoms with Crippen LogP contribution < -0.4 is 0 Å². The first kappa shape index (κ1) is 10.5. The Bertz CT molecular complexity index is 316. The molecule has 1 rings (SSSR count). The maximum atomic E-state index is 11.5. The first-order valence-corrected chi connectivity index (χ1v) is 4.92. The van der Waals surface area contributed by atoms with E-state index in [1.807, 2.05) is 0 Å². The van der Waals surface area contributed by atoms with Crippen molar-refractivity contribution in [3.63, 3.8) is 0 Å². The highest BCUT2D eigenvalue weighted by Crippen LogP contribution is 2.27. The van der Waals surface area contributed by atoms with Gasteiger partial charge in [0.15, 0.2) is 5.78 Å². The van der Waals surface area contributed by atoms with Crippen molar-refractivity contribution >= 4 is 33.3 Å². The van der Waals surface area contributed by atoms with Gasteiger partial charge in [-0.25, -0.2) is 0 Å². The maximum absolute atomic E-state index is 11.5. The van der Waals surface area contributed by atoms with Gasteiger partial charge in [0.05, 0.1) is 10.9 Å². The number of Topliss-reactive ketones (excluding diaryl/α,β-unsaturated/α-hetero) is 1. The van der Waals surface area contributed by atoms with Crippen LogP contribution in [-0.4, -0.2) is 16.3 Å². The predicted molar refractivity (Wildman–Crippen MR) is 55.5 cm³/mol. The highest BCUT2D eigenvalue weighted by Gasteiger charge is 2.18. The van der Waals surface area contributed by atoms with Gasteiger partial charge in [0, 0.05) is 4.47 Å². The Kier molecular flexibility index (Phi) is 3.33. The van der Waals surface area contributed by atoms with E-state index in [0.717, 1.165) is 0 Å². The van der Waals surface area contributed by atoms with E-state index in [0.29, 0.717) is 4.47 Å². The molecule has 13 heavy (non-hydrogen) atoms. The van der Waals surface area contributed by atoms with E-state index in [4.69, 9.17) is 11.6 Å². The van der Waals surface area contributed by atoms with E-state index in [1.54, 1.807) is 19.1 Å². The van der Waals surface area contributed by atoms with Crippen LogP contribution in [0.5, 0.6) is 5.75 Å². The molecule has 0 aromatic heterocycles. The smallest absolute Gasteiger partial charge is 0.185 e. The third-order valence-corrected chi connectivity index (χ3v) is 2.46. The fourth-order valence-electron chi connectivity index (χ4n) is 0.956. The number of phenols is 1. The summed E-state index contributed by atoms with van der Waals surface area (Å²) in [5, 5.41) is 8.77. The standard InChI is InChI=1S/C9H8BrClO2/c1-5(11)9(13)8-6(10)3-2-4-7(8)12/h2-5,12H,1H3. The molecule has 0 radical (unpaired) electrons. The average Bonchev–Trinajstić information content (AvgIpc) is 2.03. The molecule has 0 aliphatic carbocycles. The summed E-state index contributed by atoms with van der Waals surface area (Å²) in [7, 11) is 0. The molecule has 0 aliphatic heterocycles. The number of benzene rings is 1. The Morgan fingerprint density at radius 1 is 1.62 bits per heavy atom. The lowest BCUT2D eigenvalue weighted by atomic mass is 10.1.